The number of nitrogens with one attached hydrogen (secondary N) is 1. The highest BCUT2D eigenvalue weighted by Gasteiger charge is 2.13. The summed E-state index contributed by atoms with van der Waals surface area (Å²) in [4.78, 5) is 20.8. The second kappa shape index (κ2) is 6.98. The third-order valence-corrected chi connectivity index (χ3v) is 4.59. The standard InChI is InChI=1S/C18H15N3O3S/c22-17(19-8-12-5-6-15-16(7-12)24-11-23-15)10-25-18-20-9-13-3-1-2-4-14(13)21-18/h1-7,9H,8,10-11H2,(H,19,22). The predicted octanol–water partition coefficient (Wildman–Crippen LogP) is 2.77. The van der Waals surface area contributed by atoms with Crippen molar-refractivity contribution >= 4 is 28.6 Å². The molecule has 6 nitrogen and oxygen atoms in total. The minimum absolute atomic E-state index is 0.0700. The number of ether oxygens (including phenoxy) is 2. The molecule has 126 valence electrons. The van der Waals surface area contributed by atoms with Crippen LogP contribution in [0.15, 0.2) is 53.8 Å². The fraction of sp³-hybridized carbons (Fsp3) is 0.167. The Morgan fingerprint density at radius 3 is 3.00 bits per heavy atom. The maximum Gasteiger partial charge on any atom is 0.231 e. The molecular formula is C18H15N3O3S. The van der Waals surface area contributed by atoms with E-state index in [0.717, 1.165) is 22.2 Å². The van der Waals surface area contributed by atoms with Gasteiger partial charge >= 0.3 is 0 Å². The van der Waals surface area contributed by atoms with Crippen LogP contribution in [-0.4, -0.2) is 28.4 Å². The number of para-hydroxylation sites is 1. The molecule has 1 amide bonds. The number of aromatic nitrogens is 2. The van der Waals surface area contributed by atoms with Gasteiger partial charge in [0.2, 0.25) is 12.7 Å². The highest BCUT2D eigenvalue weighted by atomic mass is 32.2. The van der Waals surface area contributed by atoms with Crippen LogP contribution in [0.25, 0.3) is 10.9 Å². The number of fused-ring (bicyclic) bond motifs is 2. The second-order valence-electron chi connectivity index (χ2n) is 5.46. The molecular weight excluding hydrogens is 338 g/mol. The lowest BCUT2D eigenvalue weighted by atomic mass is 10.2. The molecule has 2 aromatic carbocycles. The lowest BCUT2D eigenvalue weighted by Gasteiger charge is -2.06. The number of nitrogens with zero attached hydrogens (tertiary/aromatic N) is 2. The highest BCUT2D eigenvalue weighted by Crippen LogP contribution is 2.32. The fourth-order valence-electron chi connectivity index (χ4n) is 2.46. The molecule has 0 spiro atoms. The van der Waals surface area contributed by atoms with Gasteiger partial charge in [0.25, 0.3) is 0 Å². The number of hydrogen-bond donors (Lipinski definition) is 1. The van der Waals surface area contributed by atoms with Crippen molar-refractivity contribution in [2.24, 2.45) is 0 Å². The monoisotopic (exact) mass is 353 g/mol. The first-order valence-electron chi connectivity index (χ1n) is 7.78. The van der Waals surface area contributed by atoms with Gasteiger partial charge in [-0.15, -0.1) is 0 Å². The number of benzene rings is 2. The van der Waals surface area contributed by atoms with Crippen LogP contribution in [0.1, 0.15) is 5.56 Å². The maximum atomic E-state index is 12.0. The third kappa shape index (κ3) is 3.66. The fourth-order valence-corrected chi connectivity index (χ4v) is 3.11. The van der Waals surface area contributed by atoms with Gasteiger partial charge in [-0.25, -0.2) is 9.97 Å². The first kappa shape index (κ1) is 15.7. The normalized spacial score (nSPS) is 12.3. The molecule has 0 saturated heterocycles. The quantitative estimate of drug-likeness (QED) is 0.562. The molecule has 0 radical (unpaired) electrons. The van der Waals surface area contributed by atoms with Gasteiger partial charge in [0, 0.05) is 18.1 Å². The molecule has 0 bridgehead atoms. The number of rotatable bonds is 5. The largest absolute Gasteiger partial charge is 0.454 e. The van der Waals surface area contributed by atoms with Crippen molar-refractivity contribution in [2.75, 3.05) is 12.5 Å². The van der Waals surface area contributed by atoms with E-state index < -0.39 is 0 Å². The molecule has 2 heterocycles. The summed E-state index contributed by atoms with van der Waals surface area (Å²) in [6, 6.07) is 13.4. The molecule has 4 rings (SSSR count). The van der Waals surface area contributed by atoms with Crippen molar-refractivity contribution in [3.05, 3.63) is 54.2 Å². The van der Waals surface area contributed by atoms with Crippen molar-refractivity contribution in [1.82, 2.24) is 15.3 Å². The van der Waals surface area contributed by atoms with Crippen LogP contribution in [0.3, 0.4) is 0 Å². The molecule has 25 heavy (non-hydrogen) atoms. The summed E-state index contributed by atoms with van der Waals surface area (Å²) in [6.45, 7) is 0.683. The van der Waals surface area contributed by atoms with Crippen molar-refractivity contribution in [1.29, 1.82) is 0 Å². The minimum atomic E-state index is -0.0700. The molecule has 1 aliphatic heterocycles. The molecule has 1 aromatic heterocycles. The SMILES string of the molecule is O=C(CSc1ncc2ccccc2n1)NCc1ccc2c(c1)OCO2. The Kier molecular flexibility index (Phi) is 4.39. The molecule has 1 N–H and O–H groups in total. The Morgan fingerprint density at radius 2 is 2.04 bits per heavy atom. The number of amides is 1. The molecule has 1 aliphatic rings. The van der Waals surface area contributed by atoms with E-state index in [1.54, 1.807) is 6.20 Å². The van der Waals surface area contributed by atoms with Gasteiger partial charge < -0.3 is 14.8 Å². The minimum Gasteiger partial charge on any atom is -0.454 e. The summed E-state index contributed by atoms with van der Waals surface area (Å²) in [5.41, 5.74) is 1.84. The van der Waals surface area contributed by atoms with Crippen LogP contribution in [0.4, 0.5) is 0 Å². The number of carbonyl (C=O) groups excluding carboxylic acids is 1. The summed E-state index contributed by atoms with van der Waals surface area (Å²) in [7, 11) is 0. The van der Waals surface area contributed by atoms with Crippen molar-refractivity contribution in [2.45, 2.75) is 11.7 Å². The van der Waals surface area contributed by atoms with E-state index in [1.165, 1.54) is 11.8 Å². The molecule has 3 aromatic rings. The van der Waals surface area contributed by atoms with E-state index >= 15 is 0 Å². The summed E-state index contributed by atoms with van der Waals surface area (Å²) in [5, 5.41) is 4.47. The summed E-state index contributed by atoms with van der Waals surface area (Å²) in [5.74, 6) is 1.65. The Morgan fingerprint density at radius 1 is 1.16 bits per heavy atom. The topological polar surface area (TPSA) is 73.3 Å². The average molecular weight is 353 g/mol. The smallest absolute Gasteiger partial charge is 0.231 e. The molecule has 0 saturated carbocycles. The first-order valence-corrected chi connectivity index (χ1v) is 8.76. The Hall–Kier alpha value is -2.80. The van der Waals surface area contributed by atoms with Gasteiger partial charge in [0.15, 0.2) is 16.7 Å². The first-order chi connectivity index (χ1) is 12.3. The van der Waals surface area contributed by atoms with E-state index in [0.29, 0.717) is 17.5 Å². The lowest BCUT2D eigenvalue weighted by Crippen LogP contribution is -2.24. The van der Waals surface area contributed by atoms with Crippen LogP contribution in [-0.2, 0) is 11.3 Å². The summed E-state index contributed by atoms with van der Waals surface area (Å²) >= 11 is 1.32. The summed E-state index contributed by atoms with van der Waals surface area (Å²) in [6.07, 6.45) is 1.77. The second-order valence-corrected chi connectivity index (χ2v) is 6.41. The van der Waals surface area contributed by atoms with E-state index in [9.17, 15) is 4.79 Å². The van der Waals surface area contributed by atoms with Gasteiger partial charge in [0.1, 0.15) is 0 Å². The van der Waals surface area contributed by atoms with Crippen molar-refractivity contribution < 1.29 is 14.3 Å². The number of carbonyl (C=O) groups is 1. The van der Waals surface area contributed by atoms with Gasteiger partial charge in [-0.05, 0) is 23.8 Å². The van der Waals surface area contributed by atoms with E-state index in [-0.39, 0.29) is 18.5 Å². The van der Waals surface area contributed by atoms with Gasteiger partial charge in [-0.3, -0.25) is 4.79 Å². The molecule has 0 aliphatic carbocycles. The van der Waals surface area contributed by atoms with Crippen LogP contribution in [0.2, 0.25) is 0 Å². The Bertz CT molecular complexity index is 932. The molecule has 0 atom stereocenters. The van der Waals surface area contributed by atoms with Crippen molar-refractivity contribution in [3.63, 3.8) is 0 Å². The third-order valence-electron chi connectivity index (χ3n) is 3.73. The van der Waals surface area contributed by atoms with E-state index in [2.05, 4.69) is 15.3 Å². The molecule has 7 heteroatoms. The Balaban J connectivity index is 1.31. The van der Waals surface area contributed by atoms with Gasteiger partial charge in [-0.1, -0.05) is 36.0 Å². The van der Waals surface area contributed by atoms with Crippen LogP contribution in [0, 0.1) is 0 Å². The predicted molar refractivity (Wildman–Crippen MR) is 94.7 cm³/mol. The lowest BCUT2D eigenvalue weighted by molar-refractivity contribution is -0.118. The van der Waals surface area contributed by atoms with E-state index in [1.807, 2.05) is 42.5 Å². The molecule has 0 unspecified atom stereocenters. The zero-order valence-electron chi connectivity index (χ0n) is 13.3. The van der Waals surface area contributed by atoms with Crippen LogP contribution in [0.5, 0.6) is 11.5 Å². The summed E-state index contributed by atoms with van der Waals surface area (Å²) < 4.78 is 10.6. The highest BCUT2D eigenvalue weighted by molar-refractivity contribution is 7.99. The number of hydrogen-bond acceptors (Lipinski definition) is 6. The van der Waals surface area contributed by atoms with Crippen LogP contribution >= 0.6 is 11.8 Å². The number of thioether (sulfide) groups is 1. The van der Waals surface area contributed by atoms with E-state index in [4.69, 9.17) is 9.47 Å². The van der Waals surface area contributed by atoms with Crippen molar-refractivity contribution in [3.8, 4) is 11.5 Å². The van der Waals surface area contributed by atoms with Gasteiger partial charge in [0.05, 0.1) is 11.3 Å². The molecule has 0 fully saturated rings. The Labute approximate surface area is 148 Å². The zero-order valence-corrected chi connectivity index (χ0v) is 14.1. The van der Waals surface area contributed by atoms with Crippen LogP contribution < -0.4 is 14.8 Å². The average Bonchev–Trinajstić information content (AvgIpc) is 3.12. The van der Waals surface area contributed by atoms with Gasteiger partial charge in [-0.2, -0.15) is 0 Å². The zero-order chi connectivity index (χ0) is 17.1. The maximum absolute atomic E-state index is 12.0.